The van der Waals surface area contributed by atoms with Crippen LogP contribution in [0.25, 0.3) is 0 Å². The van der Waals surface area contributed by atoms with E-state index in [1.54, 1.807) is 7.11 Å². The number of carbonyl (C=O) groups excluding carboxylic acids is 4. The third-order valence-electron chi connectivity index (χ3n) is 7.62. The topological polar surface area (TPSA) is 109 Å². The summed E-state index contributed by atoms with van der Waals surface area (Å²) in [6.07, 6.45) is 2.55. The van der Waals surface area contributed by atoms with E-state index >= 15 is 0 Å². The quantitative estimate of drug-likeness (QED) is 0.657. The molecule has 0 amide bonds. The second-order valence-electron chi connectivity index (χ2n) is 9.44. The van der Waals surface area contributed by atoms with Gasteiger partial charge in [-0.05, 0) is 24.8 Å². The third-order valence-corrected chi connectivity index (χ3v) is 7.62. The molecule has 0 radical (unpaired) electrons. The minimum Gasteiger partial charge on any atom is -0.460 e. The van der Waals surface area contributed by atoms with E-state index in [1.807, 2.05) is 6.92 Å². The maximum atomic E-state index is 13.7. The van der Waals surface area contributed by atoms with Crippen LogP contribution in [-0.4, -0.2) is 49.4 Å². The predicted octanol–water partition coefficient (Wildman–Crippen LogP) is 3.14. The molecule has 32 heavy (non-hydrogen) atoms. The summed E-state index contributed by atoms with van der Waals surface area (Å²) in [5.41, 5.74) is 1.23. The van der Waals surface area contributed by atoms with E-state index in [-0.39, 0.29) is 41.3 Å². The van der Waals surface area contributed by atoms with E-state index in [1.165, 1.54) is 13.2 Å². The van der Waals surface area contributed by atoms with Crippen LogP contribution >= 0.6 is 0 Å². The summed E-state index contributed by atoms with van der Waals surface area (Å²) >= 11 is 0. The maximum Gasteiger partial charge on any atom is 0.342 e. The number of hydrogen-bond donors (Lipinski definition) is 0. The summed E-state index contributed by atoms with van der Waals surface area (Å²) in [7, 11) is 1.55. The Bertz CT molecular complexity index is 1060. The fraction of sp³-hybridized carbons (Fsp3) is 0.583. The van der Waals surface area contributed by atoms with Crippen LogP contribution in [0.15, 0.2) is 21.8 Å². The van der Waals surface area contributed by atoms with E-state index in [4.69, 9.17) is 18.6 Å². The van der Waals surface area contributed by atoms with Crippen molar-refractivity contribution in [3.63, 3.8) is 0 Å². The first-order valence-electron chi connectivity index (χ1n) is 11.1. The molecule has 0 bridgehead atoms. The normalized spacial score (nSPS) is 33.7. The predicted molar refractivity (Wildman–Crippen MR) is 109 cm³/mol. The summed E-state index contributed by atoms with van der Waals surface area (Å²) in [5.74, 6) is -1.70. The van der Waals surface area contributed by atoms with Crippen molar-refractivity contribution < 1.29 is 37.8 Å². The summed E-state index contributed by atoms with van der Waals surface area (Å²) in [5, 5.41) is 0. The summed E-state index contributed by atoms with van der Waals surface area (Å²) in [6.45, 7) is 3.45. The summed E-state index contributed by atoms with van der Waals surface area (Å²) < 4.78 is 22.1. The molecule has 8 heteroatoms. The molecule has 1 aromatic rings. The number of rotatable bonds is 3. The van der Waals surface area contributed by atoms with Crippen molar-refractivity contribution >= 4 is 23.5 Å². The molecule has 5 rings (SSSR count). The van der Waals surface area contributed by atoms with Gasteiger partial charge in [-0.25, -0.2) is 4.79 Å². The molecule has 2 heterocycles. The number of ether oxygens (including phenoxy) is 3. The molecule has 0 saturated heterocycles. The van der Waals surface area contributed by atoms with Crippen LogP contribution in [0.4, 0.5) is 0 Å². The Labute approximate surface area is 185 Å². The van der Waals surface area contributed by atoms with Crippen LogP contribution in [0.3, 0.4) is 0 Å². The molecule has 170 valence electrons. The second-order valence-corrected chi connectivity index (χ2v) is 9.44. The molecule has 5 atom stereocenters. The molecule has 3 aliphatic carbocycles. The van der Waals surface area contributed by atoms with Crippen molar-refractivity contribution in [1.29, 1.82) is 0 Å². The van der Waals surface area contributed by atoms with E-state index in [0.717, 1.165) is 5.57 Å². The first kappa shape index (κ1) is 21.1. The van der Waals surface area contributed by atoms with Crippen molar-refractivity contribution in [2.75, 3.05) is 13.7 Å². The largest absolute Gasteiger partial charge is 0.460 e. The third kappa shape index (κ3) is 2.92. The monoisotopic (exact) mass is 442 g/mol. The highest BCUT2D eigenvalue weighted by molar-refractivity contribution is 6.13. The average Bonchev–Trinajstić information content (AvgIpc) is 3.28. The zero-order chi connectivity index (χ0) is 22.8. The highest BCUT2D eigenvalue weighted by atomic mass is 16.6. The number of cyclic esters (lactones) is 1. The molecule has 1 saturated carbocycles. The van der Waals surface area contributed by atoms with Gasteiger partial charge in [0, 0.05) is 55.3 Å². The lowest BCUT2D eigenvalue weighted by molar-refractivity contribution is -0.148. The van der Waals surface area contributed by atoms with Crippen molar-refractivity contribution in [3.05, 3.63) is 34.3 Å². The van der Waals surface area contributed by atoms with Crippen molar-refractivity contribution in [3.8, 4) is 0 Å². The smallest absolute Gasteiger partial charge is 0.342 e. The Morgan fingerprint density at radius 3 is 2.72 bits per heavy atom. The minimum atomic E-state index is -0.763. The van der Waals surface area contributed by atoms with Crippen LogP contribution in [-0.2, 0) is 23.8 Å². The van der Waals surface area contributed by atoms with Crippen LogP contribution < -0.4 is 0 Å². The van der Waals surface area contributed by atoms with Gasteiger partial charge in [0.05, 0.1) is 6.61 Å². The number of ketones is 2. The highest BCUT2D eigenvalue weighted by Crippen LogP contribution is 2.58. The molecule has 0 N–H and O–H groups in total. The molecule has 1 aliphatic heterocycles. The first-order chi connectivity index (χ1) is 15.3. The van der Waals surface area contributed by atoms with Crippen molar-refractivity contribution in [2.24, 2.45) is 11.3 Å². The highest BCUT2D eigenvalue weighted by Gasteiger charge is 2.58. The number of esters is 2. The molecule has 0 unspecified atom stereocenters. The number of Topliss-reactive ketones (excluding diaryl/α,β-unsaturated/α-hetero) is 2. The van der Waals surface area contributed by atoms with Crippen LogP contribution in [0.5, 0.6) is 0 Å². The Balaban J connectivity index is 1.70. The molecule has 8 nitrogen and oxygen atoms in total. The number of methoxy groups -OCH3 is 1. The number of allylic oxidation sites excluding steroid dienone is 1. The molecule has 1 fully saturated rings. The average molecular weight is 442 g/mol. The fourth-order valence-electron chi connectivity index (χ4n) is 6.22. The molecule has 4 aliphatic rings. The van der Waals surface area contributed by atoms with E-state index < -0.39 is 29.6 Å². The SMILES string of the molecule is COC[C@@H]1CC[C@H]2C3=C(C(=O)c4occ(c42)C(=O)O1)[C@@H]1CCC(=O)[C@@]1(C)C[C@H]3OC(C)=O. The Morgan fingerprint density at radius 1 is 1.22 bits per heavy atom. The molecule has 0 aromatic carbocycles. The number of carbonyl (C=O) groups is 4. The van der Waals surface area contributed by atoms with Gasteiger partial charge in [-0.1, -0.05) is 6.92 Å². The Morgan fingerprint density at radius 2 is 2.00 bits per heavy atom. The zero-order valence-electron chi connectivity index (χ0n) is 18.4. The van der Waals surface area contributed by atoms with Gasteiger partial charge >= 0.3 is 11.9 Å². The van der Waals surface area contributed by atoms with Crippen molar-refractivity contribution in [2.45, 2.75) is 64.1 Å². The fourth-order valence-corrected chi connectivity index (χ4v) is 6.22. The van der Waals surface area contributed by atoms with Gasteiger partial charge in [0.15, 0.2) is 5.76 Å². The van der Waals surface area contributed by atoms with Gasteiger partial charge in [-0.15, -0.1) is 0 Å². The van der Waals surface area contributed by atoms with Gasteiger partial charge in [0.2, 0.25) is 5.78 Å². The van der Waals surface area contributed by atoms with Crippen LogP contribution in [0.1, 0.15) is 78.3 Å². The number of furan rings is 1. The van der Waals surface area contributed by atoms with E-state index in [0.29, 0.717) is 43.2 Å². The van der Waals surface area contributed by atoms with Gasteiger partial charge in [0.25, 0.3) is 0 Å². The lowest BCUT2D eigenvalue weighted by Gasteiger charge is -2.45. The van der Waals surface area contributed by atoms with Gasteiger partial charge < -0.3 is 18.6 Å². The Hall–Kier alpha value is -2.74. The van der Waals surface area contributed by atoms with E-state index in [2.05, 4.69) is 0 Å². The second kappa shape index (κ2) is 7.40. The minimum absolute atomic E-state index is 0.0892. The number of fused-ring (bicyclic) bond motifs is 3. The zero-order valence-corrected chi connectivity index (χ0v) is 18.4. The molecule has 1 aromatic heterocycles. The first-order valence-corrected chi connectivity index (χ1v) is 11.1. The van der Waals surface area contributed by atoms with Gasteiger partial charge in [-0.3, -0.25) is 14.4 Å². The molecule has 0 spiro atoms. The van der Waals surface area contributed by atoms with Crippen LogP contribution in [0, 0.1) is 11.3 Å². The summed E-state index contributed by atoms with van der Waals surface area (Å²) in [6, 6.07) is 0. The van der Waals surface area contributed by atoms with E-state index in [9.17, 15) is 19.2 Å². The van der Waals surface area contributed by atoms with Gasteiger partial charge in [-0.2, -0.15) is 0 Å². The Kier molecular flexibility index (Phi) is 4.89. The maximum absolute atomic E-state index is 13.7. The van der Waals surface area contributed by atoms with Gasteiger partial charge in [0.1, 0.15) is 29.8 Å². The molecular formula is C24H26O8. The lowest BCUT2D eigenvalue weighted by atomic mass is 9.59. The number of hydrogen-bond acceptors (Lipinski definition) is 8. The lowest BCUT2D eigenvalue weighted by Crippen LogP contribution is -2.46. The standard InChI is InChI=1S/C24H26O8/c1-11(25)31-16-8-24(2)15(6-7-17(24)26)20-19(16)13-5-4-12(9-29-3)32-23(28)14-10-30-22(18(13)14)21(20)27/h10,12-13,15-16H,4-9H2,1-3H3/t12-,13+,15-,16+,24-/m0/s1. The summed E-state index contributed by atoms with van der Waals surface area (Å²) in [4.78, 5) is 51.4. The van der Waals surface area contributed by atoms with Crippen molar-refractivity contribution in [1.82, 2.24) is 0 Å². The van der Waals surface area contributed by atoms with Crippen LogP contribution in [0.2, 0.25) is 0 Å². The molecular weight excluding hydrogens is 416 g/mol.